The van der Waals surface area contributed by atoms with E-state index in [9.17, 15) is 9.59 Å². The SMILES string of the molecule is CCOC(=O)C1=C(c2ccccc2)N=c2s/c(=C\c3ccncc3)c(=O)n2[C@H]1c1ccc2c(c1)OCO2. The molecule has 6 rings (SSSR count). The van der Waals surface area contributed by atoms with Crippen LogP contribution in [0.2, 0.25) is 0 Å². The van der Waals surface area contributed by atoms with Crippen LogP contribution in [0.4, 0.5) is 0 Å². The monoisotopic (exact) mass is 511 g/mol. The Balaban J connectivity index is 1.66. The largest absolute Gasteiger partial charge is 0.463 e. The number of carbonyl (C=O) groups excluding carboxylic acids is 1. The second-order valence-corrected chi connectivity index (χ2v) is 9.33. The highest BCUT2D eigenvalue weighted by molar-refractivity contribution is 7.07. The van der Waals surface area contributed by atoms with Gasteiger partial charge in [-0.1, -0.05) is 47.7 Å². The zero-order valence-corrected chi connectivity index (χ0v) is 20.6. The van der Waals surface area contributed by atoms with Crippen LogP contribution in [0.25, 0.3) is 11.8 Å². The van der Waals surface area contributed by atoms with Crippen LogP contribution in [0.3, 0.4) is 0 Å². The molecule has 9 heteroatoms. The van der Waals surface area contributed by atoms with Crippen molar-refractivity contribution in [1.29, 1.82) is 0 Å². The van der Waals surface area contributed by atoms with E-state index in [-0.39, 0.29) is 24.5 Å². The first-order valence-corrected chi connectivity index (χ1v) is 12.5. The van der Waals surface area contributed by atoms with E-state index in [2.05, 4.69) is 4.98 Å². The lowest BCUT2D eigenvalue weighted by Crippen LogP contribution is -2.40. The van der Waals surface area contributed by atoms with Gasteiger partial charge in [-0.15, -0.1) is 0 Å². The Bertz CT molecular complexity index is 1710. The van der Waals surface area contributed by atoms with Gasteiger partial charge in [0, 0.05) is 18.0 Å². The fourth-order valence-electron chi connectivity index (χ4n) is 4.45. The Kier molecular flexibility index (Phi) is 5.90. The normalized spacial score (nSPS) is 16.4. The van der Waals surface area contributed by atoms with Gasteiger partial charge in [-0.2, -0.15) is 0 Å². The molecule has 0 saturated heterocycles. The van der Waals surface area contributed by atoms with Gasteiger partial charge in [-0.05, 0) is 48.4 Å². The zero-order chi connectivity index (χ0) is 25.4. The van der Waals surface area contributed by atoms with Gasteiger partial charge in [0.2, 0.25) is 6.79 Å². The minimum Gasteiger partial charge on any atom is -0.463 e. The molecule has 2 aliphatic heterocycles. The number of ether oxygens (including phenoxy) is 3. The number of thiazole rings is 1. The number of hydrogen-bond donors (Lipinski definition) is 0. The van der Waals surface area contributed by atoms with E-state index < -0.39 is 12.0 Å². The third-order valence-electron chi connectivity index (χ3n) is 6.09. The predicted octanol–water partition coefficient (Wildman–Crippen LogP) is 3.06. The third kappa shape index (κ3) is 4.13. The molecule has 0 fully saturated rings. The summed E-state index contributed by atoms with van der Waals surface area (Å²) in [7, 11) is 0. The van der Waals surface area contributed by atoms with E-state index >= 15 is 0 Å². The first kappa shape index (κ1) is 22.9. The summed E-state index contributed by atoms with van der Waals surface area (Å²) in [5.74, 6) is 0.632. The van der Waals surface area contributed by atoms with Crippen LogP contribution in [-0.4, -0.2) is 28.9 Å². The van der Waals surface area contributed by atoms with Crippen LogP contribution >= 0.6 is 11.3 Å². The van der Waals surface area contributed by atoms with Crippen molar-refractivity contribution in [2.75, 3.05) is 13.4 Å². The van der Waals surface area contributed by atoms with E-state index in [1.54, 1.807) is 42.1 Å². The maximum atomic E-state index is 13.8. The Morgan fingerprint density at radius 3 is 2.68 bits per heavy atom. The summed E-state index contributed by atoms with van der Waals surface area (Å²) in [5.41, 5.74) is 2.79. The summed E-state index contributed by atoms with van der Waals surface area (Å²) in [6.45, 7) is 2.05. The summed E-state index contributed by atoms with van der Waals surface area (Å²) < 4.78 is 18.7. The minimum absolute atomic E-state index is 0.114. The number of nitrogens with zero attached hydrogens (tertiary/aromatic N) is 3. The van der Waals surface area contributed by atoms with Crippen molar-refractivity contribution in [2.24, 2.45) is 4.99 Å². The molecule has 37 heavy (non-hydrogen) atoms. The molecule has 0 spiro atoms. The zero-order valence-electron chi connectivity index (χ0n) is 19.8. The lowest BCUT2D eigenvalue weighted by Gasteiger charge is -2.26. The second-order valence-electron chi connectivity index (χ2n) is 8.32. The minimum atomic E-state index is -0.778. The summed E-state index contributed by atoms with van der Waals surface area (Å²) in [6, 6.07) is 17.8. The first-order valence-electron chi connectivity index (χ1n) is 11.7. The molecular weight excluding hydrogens is 490 g/mol. The molecule has 4 aromatic rings. The van der Waals surface area contributed by atoms with E-state index in [1.165, 1.54) is 11.3 Å². The molecule has 0 N–H and O–H groups in total. The summed E-state index contributed by atoms with van der Waals surface area (Å²) in [5, 5.41) is 0. The molecule has 0 saturated carbocycles. The standard InChI is InChI=1S/C28H21N3O5S/c1-2-34-27(33)23-24(18-6-4-3-5-7-18)30-28-31(25(23)19-8-9-20-21(15-19)36-16-35-20)26(32)22(37-28)14-17-10-12-29-13-11-17/h3-15,25H,2,16H2,1H3/b22-14-/t25-/m0/s1. The van der Waals surface area contributed by atoms with Gasteiger partial charge in [0.05, 0.1) is 28.5 Å². The van der Waals surface area contributed by atoms with Crippen molar-refractivity contribution in [3.8, 4) is 11.5 Å². The van der Waals surface area contributed by atoms with Crippen molar-refractivity contribution in [2.45, 2.75) is 13.0 Å². The van der Waals surface area contributed by atoms with Crippen molar-refractivity contribution < 1.29 is 19.0 Å². The van der Waals surface area contributed by atoms with Crippen LogP contribution in [0, 0.1) is 0 Å². The highest BCUT2D eigenvalue weighted by Gasteiger charge is 2.36. The molecule has 0 radical (unpaired) electrons. The lowest BCUT2D eigenvalue weighted by molar-refractivity contribution is -0.138. The molecule has 4 heterocycles. The summed E-state index contributed by atoms with van der Waals surface area (Å²) in [6.07, 6.45) is 5.15. The topological polar surface area (TPSA) is 92.0 Å². The maximum absolute atomic E-state index is 13.8. The average molecular weight is 512 g/mol. The molecule has 184 valence electrons. The van der Waals surface area contributed by atoms with Crippen LogP contribution in [0.15, 0.2) is 88.4 Å². The van der Waals surface area contributed by atoms with Crippen molar-refractivity contribution in [3.05, 3.63) is 115 Å². The smallest absolute Gasteiger partial charge is 0.338 e. The summed E-state index contributed by atoms with van der Waals surface area (Å²) >= 11 is 1.27. The molecule has 0 bridgehead atoms. The Morgan fingerprint density at radius 2 is 1.89 bits per heavy atom. The number of pyridine rings is 1. The van der Waals surface area contributed by atoms with Gasteiger partial charge in [0.1, 0.15) is 0 Å². The van der Waals surface area contributed by atoms with Crippen molar-refractivity contribution in [1.82, 2.24) is 9.55 Å². The quantitative estimate of drug-likeness (QED) is 0.383. The molecule has 0 unspecified atom stereocenters. The molecular formula is C28H21N3O5S. The van der Waals surface area contributed by atoms with Crippen LogP contribution in [0.5, 0.6) is 11.5 Å². The molecule has 2 aromatic heterocycles. The number of fused-ring (bicyclic) bond motifs is 2. The molecule has 0 amide bonds. The van der Waals surface area contributed by atoms with Gasteiger partial charge >= 0.3 is 5.97 Å². The van der Waals surface area contributed by atoms with Crippen LogP contribution < -0.4 is 24.4 Å². The van der Waals surface area contributed by atoms with E-state index in [0.717, 1.165) is 11.1 Å². The molecule has 1 atom stereocenters. The predicted molar refractivity (Wildman–Crippen MR) is 138 cm³/mol. The van der Waals surface area contributed by atoms with E-state index in [1.807, 2.05) is 48.5 Å². The number of carbonyl (C=O) groups is 1. The number of hydrogen-bond acceptors (Lipinski definition) is 8. The Morgan fingerprint density at radius 1 is 1.11 bits per heavy atom. The van der Waals surface area contributed by atoms with Crippen LogP contribution in [0.1, 0.15) is 29.7 Å². The number of benzene rings is 2. The fourth-order valence-corrected chi connectivity index (χ4v) is 5.45. The van der Waals surface area contributed by atoms with E-state index in [0.29, 0.717) is 32.1 Å². The van der Waals surface area contributed by atoms with Gasteiger partial charge in [0.25, 0.3) is 5.56 Å². The molecule has 2 aromatic carbocycles. The average Bonchev–Trinajstić information content (AvgIpc) is 3.52. The van der Waals surface area contributed by atoms with Gasteiger partial charge in [0.15, 0.2) is 16.3 Å². The number of rotatable bonds is 5. The maximum Gasteiger partial charge on any atom is 0.338 e. The lowest BCUT2D eigenvalue weighted by atomic mass is 9.93. The molecule has 0 aliphatic carbocycles. The highest BCUT2D eigenvalue weighted by atomic mass is 32.1. The van der Waals surface area contributed by atoms with Crippen LogP contribution in [-0.2, 0) is 9.53 Å². The van der Waals surface area contributed by atoms with E-state index in [4.69, 9.17) is 19.2 Å². The second kappa shape index (κ2) is 9.51. The Labute approximate surface area is 215 Å². The fraction of sp³-hybridized carbons (Fsp3) is 0.143. The highest BCUT2D eigenvalue weighted by Crippen LogP contribution is 2.39. The van der Waals surface area contributed by atoms with Crippen molar-refractivity contribution in [3.63, 3.8) is 0 Å². The third-order valence-corrected chi connectivity index (χ3v) is 7.07. The van der Waals surface area contributed by atoms with Gasteiger partial charge in [-0.25, -0.2) is 9.79 Å². The number of esters is 1. The molecule has 8 nitrogen and oxygen atoms in total. The van der Waals surface area contributed by atoms with Gasteiger partial charge < -0.3 is 14.2 Å². The first-order chi connectivity index (χ1) is 18.1. The number of aromatic nitrogens is 2. The Hall–Kier alpha value is -4.50. The summed E-state index contributed by atoms with van der Waals surface area (Å²) in [4.78, 5) is 36.7. The molecule has 2 aliphatic rings. The van der Waals surface area contributed by atoms with Gasteiger partial charge in [-0.3, -0.25) is 14.3 Å². The van der Waals surface area contributed by atoms with Crippen molar-refractivity contribution >= 4 is 29.1 Å².